The summed E-state index contributed by atoms with van der Waals surface area (Å²) in [5.74, 6) is -0.617. The zero-order valence-electron chi connectivity index (χ0n) is 30.0. The summed E-state index contributed by atoms with van der Waals surface area (Å²) >= 11 is 7.84. The standard InChI is InChI=1S/C19H28O3.C13H17BrO.C6H11O2.BrH.Zn/c1-18(2,3)22-17(20)12-14-8-6-7-9-15(14)16-13-19(4,5)10-11-21-16;1-13(2)7-8-15-12(9-13)10-5-3-4-6-11(10)14;1-3-4-5-8-6(2)7;;/h6-9,16H,10-13H2,1-5H3;3-6,12H,7-9H2,1-2H3;2-5H2,1H3;1H;/q;;-1;;+2/p-1. The van der Waals surface area contributed by atoms with E-state index >= 15 is 0 Å². The molecule has 2 unspecified atom stereocenters. The van der Waals surface area contributed by atoms with Crippen LogP contribution in [-0.2, 0) is 51.3 Å². The number of halogens is 2. The molecule has 2 saturated heterocycles. The molecular weight excluding hydrogens is 778 g/mol. The molecule has 2 aliphatic heterocycles. The summed E-state index contributed by atoms with van der Waals surface area (Å²) in [4.78, 5) is 22.1. The van der Waals surface area contributed by atoms with E-state index in [2.05, 4.69) is 93.2 Å². The minimum atomic E-state index is -0.449. The Labute approximate surface area is 310 Å². The van der Waals surface area contributed by atoms with Gasteiger partial charge in [-0.05, 0) is 86.5 Å². The van der Waals surface area contributed by atoms with E-state index in [9.17, 15) is 9.59 Å². The molecule has 260 valence electrons. The molecule has 6 nitrogen and oxygen atoms in total. The van der Waals surface area contributed by atoms with Gasteiger partial charge in [0.05, 0.1) is 25.2 Å². The second-order valence-electron chi connectivity index (χ2n) is 14.5. The average molecular weight is 834 g/mol. The Hall–Kier alpha value is -1.25. The molecule has 2 aliphatic rings. The first kappa shape index (κ1) is 43.8. The van der Waals surface area contributed by atoms with Crippen LogP contribution in [0.4, 0.5) is 0 Å². The van der Waals surface area contributed by atoms with Gasteiger partial charge in [0.25, 0.3) is 0 Å². The van der Waals surface area contributed by atoms with E-state index in [1.807, 2.05) is 52.0 Å². The van der Waals surface area contributed by atoms with Crippen molar-refractivity contribution in [2.24, 2.45) is 10.8 Å². The molecule has 0 N–H and O–H groups in total. The fraction of sp³-hybridized carbons (Fsp3) is 0.605. The van der Waals surface area contributed by atoms with E-state index in [0.29, 0.717) is 18.4 Å². The average Bonchev–Trinajstić information content (AvgIpc) is 2.97. The molecule has 2 atom stereocenters. The second-order valence-corrected chi connectivity index (χ2v) is 15.4. The molecule has 9 heteroatoms. The molecule has 2 aromatic carbocycles. The first-order valence-electron chi connectivity index (χ1n) is 16.5. The quantitative estimate of drug-likeness (QED) is 0.120. The van der Waals surface area contributed by atoms with Gasteiger partial charge in [0.2, 0.25) is 0 Å². The molecule has 2 aromatic rings. The summed E-state index contributed by atoms with van der Waals surface area (Å²) in [6.07, 6.45) is 6.94. The maximum atomic E-state index is 12.1. The molecular formula is C38H56Br2O6Zn. The van der Waals surface area contributed by atoms with Crippen molar-refractivity contribution in [3.05, 3.63) is 76.6 Å². The van der Waals surface area contributed by atoms with Gasteiger partial charge in [0.1, 0.15) is 5.60 Å². The fourth-order valence-corrected chi connectivity index (χ4v) is 5.83. The van der Waals surface area contributed by atoms with Gasteiger partial charge in [0, 0.05) is 17.7 Å². The molecule has 0 aromatic heterocycles. The first-order valence-corrected chi connectivity index (χ1v) is 24.3. The van der Waals surface area contributed by atoms with Crippen molar-refractivity contribution in [3.63, 3.8) is 0 Å². The third kappa shape index (κ3) is 18.4. The van der Waals surface area contributed by atoms with E-state index < -0.39 is 11.6 Å². The van der Waals surface area contributed by atoms with Crippen LogP contribution in [0.1, 0.15) is 123 Å². The summed E-state index contributed by atoms with van der Waals surface area (Å²) in [5, 5.41) is 0. The zero-order chi connectivity index (χ0) is 35.7. The van der Waals surface area contributed by atoms with E-state index in [-0.39, 0.29) is 23.6 Å². The van der Waals surface area contributed by atoms with Crippen molar-refractivity contribution >= 4 is 41.5 Å². The van der Waals surface area contributed by atoms with Crippen molar-refractivity contribution in [2.75, 3.05) is 19.8 Å². The van der Waals surface area contributed by atoms with Crippen LogP contribution >= 0.6 is 29.6 Å². The van der Waals surface area contributed by atoms with E-state index in [4.69, 9.17) is 14.2 Å². The van der Waals surface area contributed by atoms with Crippen LogP contribution in [0.15, 0.2) is 53.0 Å². The van der Waals surface area contributed by atoms with Gasteiger partial charge in [0.15, 0.2) is 5.97 Å². The van der Waals surface area contributed by atoms with Crippen LogP contribution in [0.5, 0.6) is 0 Å². The molecule has 2 heterocycles. The summed E-state index contributed by atoms with van der Waals surface area (Å²) in [6.45, 7) is 22.1. The number of carbonyl (C=O) groups excluding carboxylic acids is 2. The number of carbonyl (C=O) groups is 2. The van der Waals surface area contributed by atoms with Gasteiger partial charge in [-0.1, -0.05) is 99.4 Å². The van der Waals surface area contributed by atoms with Crippen LogP contribution in [-0.4, -0.2) is 37.4 Å². The van der Waals surface area contributed by atoms with Crippen LogP contribution in [0.25, 0.3) is 0 Å². The molecule has 0 radical (unpaired) electrons. The topological polar surface area (TPSA) is 71.1 Å². The van der Waals surface area contributed by atoms with Crippen molar-refractivity contribution in [1.82, 2.24) is 0 Å². The van der Waals surface area contributed by atoms with Gasteiger partial charge in [-0.2, -0.15) is 0 Å². The van der Waals surface area contributed by atoms with E-state index in [1.54, 1.807) is 0 Å². The maximum absolute atomic E-state index is 12.1. The normalized spacial score (nSPS) is 19.7. The van der Waals surface area contributed by atoms with Crippen LogP contribution in [0.2, 0.25) is 0 Å². The Morgan fingerprint density at radius 2 is 1.38 bits per heavy atom. The molecule has 0 bridgehead atoms. The number of hydrogen-bond acceptors (Lipinski definition) is 6. The number of benzene rings is 2. The Balaban J connectivity index is 0.000000381. The molecule has 0 spiro atoms. The summed E-state index contributed by atoms with van der Waals surface area (Å²) < 4.78 is 23.0. The van der Waals surface area contributed by atoms with Gasteiger partial charge in [-0.3, -0.25) is 16.5 Å². The molecule has 4 rings (SSSR count). The van der Waals surface area contributed by atoms with E-state index in [0.717, 1.165) is 67.3 Å². The van der Waals surface area contributed by atoms with Gasteiger partial charge >= 0.3 is 35.9 Å². The minimum absolute atomic E-state index is 0.0717. The zero-order valence-corrected chi connectivity index (χ0v) is 36.1. The predicted octanol–water partition coefficient (Wildman–Crippen LogP) is 10.8. The fourth-order valence-electron chi connectivity index (χ4n) is 5.29. The molecule has 0 aliphatic carbocycles. The van der Waals surface area contributed by atoms with Crippen molar-refractivity contribution in [2.45, 2.75) is 118 Å². The van der Waals surface area contributed by atoms with Crippen LogP contribution in [0.3, 0.4) is 0 Å². The molecule has 0 saturated carbocycles. The molecule has 47 heavy (non-hydrogen) atoms. The monoisotopic (exact) mass is 830 g/mol. The van der Waals surface area contributed by atoms with Gasteiger partial charge < -0.3 is 18.9 Å². The van der Waals surface area contributed by atoms with Gasteiger partial charge in [-0.15, -0.1) is 0 Å². The summed E-state index contributed by atoms with van der Waals surface area (Å²) in [6, 6.07) is 16.4. The SMILES string of the molecule is CC1(C)CCOC(c2ccccc2Br)C1.CC1(C)CCOC(c2ccccc2CC(=O)OC(C)(C)C)C1.[CH2-]C(=O)OCCCC.[Zn+][Br]. The number of esters is 2. The van der Waals surface area contributed by atoms with Crippen molar-refractivity contribution < 1.29 is 44.9 Å². The van der Waals surface area contributed by atoms with Crippen LogP contribution in [0, 0.1) is 17.8 Å². The van der Waals surface area contributed by atoms with Crippen molar-refractivity contribution in [3.8, 4) is 0 Å². The third-order valence-electron chi connectivity index (χ3n) is 7.84. The summed E-state index contributed by atoms with van der Waals surface area (Å²) in [7, 11) is 0. The number of rotatable bonds is 7. The van der Waals surface area contributed by atoms with Crippen molar-refractivity contribution in [1.29, 1.82) is 0 Å². The molecule has 0 amide bonds. The second kappa shape index (κ2) is 21.8. The molecule has 2 fully saturated rings. The number of ether oxygens (including phenoxy) is 4. The number of unbranched alkanes of at least 4 members (excludes halogenated alkanes) is 1. The predicted molar refractivity (Wildman–Crippen MR) is 194 cm³/mol. The Kier molecular flexibility index (Phi) is 20.3. The Bertz CT molecular complexity index is 1210. The first-order chi connectivity index (χ1) is 22.0. The summed E-state index contributed by atoms with van der Waals surface area (Å²) in [5.41, 5.74) is 3.65. The third-order valence-corrected chi connectivity index (χ3v) is 8.56. The Morgan fingerprint density at radius 3 is 1.85 bits per heavy atom. The number of hydrogen-bond donors (Lipinski definition) is 0. The van der Waals surface area contributed by atoms with Crippen LogP contribution < -0.4 is 0 Å². The Morgan fingerprint density at radius 1 is 0.894 bits per heavy atom. The van der Waals surface area contributed by atoms with Gasteiger partial charge in [-0.25, -0.2) is 0 Å². The van der Waals surface area contributed by atoms with E-state index in [1.165, 1.54) is 21.9 Å².